The van der Waals surface area contributed by atoms with Crippen LogP contribution in [-0.2, 0) is 0 Å². The molecule has 0 radical (unpaired) electrons. The molecule has 0 unspecified atom stereocenters. The minimum atomic E-state index is -0.489. The molecule has 1 amide bonds. The fraction of sp³-hybridized carbons (Fsp3) is 0.429. The topological polar surface area (TPSA) is 84.4 Å². The summed E-state index contributed by atoms with van der Waals surface area (Å²) in [7, 11) is 0. The van der Waals surface area contributed by atoms with Crippen molar-refractivity contribution in [3.8, 4) is 0 Å². The van der Waals surface area contributed by atoms with Crippen LogP contribution in [-0.4, -0.2) is 36.1 Å². The molecule has 1 aromatic heterocycles. The molecule has 2 aromatic rings. The molecule has 0 saturated carbocycles. The van der Waals surface area contributed by atoms with E-state index in [0.29, 0.717) is 22.7 Å². The van der Waals surface area contributed by atoms with Crippen molar-refractivity contribution in [3.05, 3.63) is 23.8 Å². The first-order chi connectivity index (χ1) is 9.58. The van der Waals surface area contributed by atoms with E-state index in [4.69, 9.17) is 10.2 Å². The van der Waals surface area contributed by atoms with Gasteiger partial charge in [-0.25, -0.2) is 0 Å². The van der Waals surface area contributed by atoms with Gasteiger partial charge >= 0.3 is 0 Å². The summed E-state index contributed by atoms with van der Waals surface area (Å²) >= 11 is 0. The highest BCUT2D eigenvalue weighted by Crippen LogP contribution is 2.27. The molecule has 1 fully saturated rings. The number of nitrogens with zero attached hydrogens (tertiary/aromatic N) is 2. The van der Waals surface area contributed by atoms with Crippen LogP contribution < -0.4 is 16.0 Å². The van der Waals surface area contributed by atoms with E-state index in [2.05, 4.69) is 29.0 Å². The van der Waals surface area contributed by atoms with E-state index in [1.165, 1.54) is 0 Å². The summed E-state index contributed by atoms with van der Waals surface area (Å²) in [6, 6.07) is 6.34. The molecule has 21 heavy (non-hydrogen) atoms. The van der Waals surface area contributed by atoms with Gasteiger partial charge in [-0.05, 0) is 26.0 Å². The predicted molar refractivity (Wildman–Crippen MR) is 84.0 cm³/mol. The fourth-order valence-corrected chi connectivity index (χ4v) is 2.76. The number of amides is 1. The Morgan fingerprint density at radius 1 is 1.38 bits per heavy atom. The van der Waals surface area contributed by atoms with Gasteiger partial charge in [0.05, 0.1) is 5.56 Å². The van der Waals surface area contributed by atoms with Crippen LogP contribution in [0.1, 0.15) is 24.2 Å². The number of aromatic nitrogens is 1. The first-order valence-electron chi connectivity index (χ1n) is 6.76. The number of para-hydroxylation sites is 1. The molecule has 2 heterocycles. The quantitative estimate of drug-likeness (QED) is 0.879. The van der Waals surface area contributed by atoms with Crippen molar-refractivity contribution in [2.75, 3.05) is 18.0 Å². The van der Waals surface area contributed by atoms with Crippen LogP contribution in [0.15, 0.2) is 22.6 Å². The Morgan fingerprint density at radius 3 is 2.67 bits per heavy atom. The molecule has 1 aliphatic rings. The van der Waals surface area contributed by atoms with Crippen molar-refractivity contribution in [2.45, 2.75) is 25.9 Å². The van der Waals surface area contributed by atoms with Gasteiger partial charge in [-0.3, -0.25) is 4.79 Å². The maximum absolute atomic E-state index is 11.4. The molecule has 3 rings (SSSR count). The summed E-state index contributed by atoms with van der Waals surface area (Å²) in [4.78, 5) is 18.1. The number of hydrogen-bond donors (Lipinski definition) is 2. The van der Waals surface area contributed by atoms with Crippen LogP contribution in [0.5, 0.6) is 0 Å². The van der Waals surface area contributed by atoms with Crippen molar-refractivity contribution in [1.82, 2.24) is 10.3 Å². The number of piperazine rings is 1. The van der Waals surface area contributed by atoms with Crippen molar-refractivity contribution < 1.29 is 9.21 Å². The Kier molecular flexibility index (Phi) is 4.39. The number of hydrogen-bond acceptors (Lipinski definition) is 5. The molecule has 1 aromatic carbocycles. The highest BCUT2D eigenvalue weighted by Gasteiger charge is 2.29. The molecule has 114 valence electrons. The lowest BCUT2D eigenvalue weighted by Crippen LogP contribution is -2.55. The van der Waals surface area contributed by atoms with Gasteiger partial charge in [-0.1, -0.05) is 6.07 Å². The number of carbonyl (C=O) groups is 1. The largest absolute Gasteiger partial charge is 0.423 e. The average Bonchev–Trinajstić information content (AvgIpc) is 2.81. The van der Waals surface area contributed by atoms with E-state index in [9.17, 15) is 4.79 Å². The van der Waals surface area contributed by atoms with Crippen LogP contribution in [0.4, 0.5) is 6.01 Å². The molecule has 0 aliphatic carbocycles. The molecule has 1 aliphatic heterocycles. The smallest absolute Gasteiger partial charge is 0.298 e. The van der Waals surface area contributed by atoms with Crippen molar-refractivity contribution >= 4 is 35.4 Å². The Labute approximate surface area is 129 Å². The number of fused-ring (bicyclic) bond motifs is 1. The van der Waals surface area contributed by atoms with E-state index < -0.39 is 5.91 Å². The third kappa shape index (κ3) is 2.69. The summed E-state index contributed by atoms with van der Waals surface area (Å²) in [5, 5.41) is 3.36. The minimum absolute atomic E-state index is 0. The van der Waals surface area contributed by atoms with Crippen LogP contribution >= 0.6 is 12.4 Å². The summed E-state index contributed by atoms with van der Waals surface area (Å²) in [5.41, 5.74) is 6.90. The Morgan fingerprint density at radius 2 is 2.05 bits per heavy atom. The van der Waals surface area contributed by atoms with Crippen molar-refractivity contribution in [1.29, 1.82) is 0 Å². The van der Waals surface area contributed by atoms with E-state index in [1.807, 2.05) is 0 Å². The molecular weight excluding hydrogens is 292 g/mol. The molecule has 7 heteroatoms. The summed E-state index contributed by atoms with van der Waals surface area (Å²) in [6.45, 7) is 6.00. The summed E-state index contributed by atoms with van der Waals surface area (Å²) in [5.74, 6) is -0.489. The second-order valence-corrected chi connectivity index (χ2v) is 5.28. The monoisotopic (exact) mass is 310 g/mol. The fourth-order valence-electron chi connectivity index (χ4n) is 2.76. The lowest BCUT2D eigenvalue weighted by molar-refractivity contribution is 0.100. The number of benzene rings is 1. The van der Waals surface area contributed by atoms with Gasteiger partial charge in [0.2, 0.25) is 0 Å². The zero-order valence-corrected chi connectivity index (χ0v) is 12.8. The zero-order valence-electron chi connectivity index (χ0n) is 12.0. The van der Waals surface area contributed by atoms with Gasteiger partial charge in [0, 0.05) is 25.2 Å². The number of primary amides is 1. The maximum atomic E-state index is 11.4. The second-order valence-electron chi connectivity index (χ2n) is 5.28. The molecular formula is C14H19ClN4O2. The highest BCUT2D eigenvalue weighted by atomic mass is 35.5. The maximum Gasteiger partial charge on any atom is 0.298 e. The molecule has 2 atom stereocenters. The van der Waals surface area contributed by atoms with Crippen molar-refractivity contribution in [3.63, 3.8) is 0 Å². The lowest BCUT2D eigenvalue weighted by atomic mass is 10.1. The van der Waals surface area contributed by atoms with E-state index >= 15 is 0 Å². The number of oxazole rings is 1. The Hall–Kier alpha value is -1.79. The van der Waals surface area contributed by atoms with E-state index in [0.717, 1.165) is 13.1 Å². The number of nitrogens with one attached hydrogen (secondary N) is 1. The van der Waals surface area contributed by atoms with Gasteiger partial charge in [0.15, 0.2) is 5.58 Å². The van der Waals surface area contributed by atoms with Gasteiger partial charge in [0.25, 0.3) is 11.9 Å². The Bertz CT molecular complexity index is 647. The number of carbonyl (C=O) groups excluding carboxylic acids is 1. The van der Waals surface area contributed by atoms with Crippen LogP contribution in [0.25, 0.3) is 11.1 Å². The van der Waals surface area contributed by atoms with Gasteiger partial charge in [-0.2, -0.15) is 4.98 Å². The number of rotatable bonds is 2. The van der Waals surface area contributed by atoms with E-state index in [1.54, 1.807) is 18.2 Å². The molecule has 0 bridgehead atoms. The molecule has 6 nitrogen and oxygen atoms in total. The van der Waals surface area contributed by atoms with Crippen LogP contribution in [0.3, 0.4) is 0 Å². The molecule has 0 spiro atoms. The van der Waals surface area contributed by atoms with E-state index in [-0.39, 0.29) is 24.5 Å². The number of anilines is 1. The van der Waals surface area contributed by atoms with Crippen molar-refractivity contribution in [2.24, 2.45) is 5.73 Å². The van der Waals surface area contributed by atoms with Crippen LogP contribution in [0.2, 0.25) is 0 Å². The summed E-state index contributed by atoms with van der Waals surface area (Å²) in [6.07, 6.45) is 0. The first-order valence-corrected chi connectivity index (χ1v) is 6.76. The summed E-state index contributed by atoms with van der Waals surface area (Å²) < 4.78 is 5.82. The SMILES string of the molecule is C[C@H]1CNC[C@H](C)N1c1nc2c(C(N)=O)cccc2o1.Cl. The number of nitrogens with two attached hydrogens (primary N) is 1. The average molecular weight is 311 g/mol. The molecule has 3 N–H and O–H groups in total. The number of halogens is 1. The Balaban J connectivity index is 0.00000161. The van der Waals surface area contributed by atoms with Gasteiger partial charge in [0.1, 0.15) is 5.52 Å². The standard InChI is InChI=1S/C14H18N4O2.ClH/c1-8-6-16-7-9(2)18(8)14-17-12-10(13(15)19)4-3-5-11(12)20-14;/h3-5,8-9,16H,6-7H2,1-2H3,(H2,15,19);1H/t8-,9-;/m0./s1. The third-order valence-electron chi connectivity index (χ3n) is 3.72. The minimum Gasteiger partial charge on any atom is -0.423 e. The zero-order chi connectivity index (χ0) is 14.3. The molecule has 1 saturated heterocycles. The van der Waals surface area contributed by atoms with Crippen LogP contribution in [0, 0.1) is 0 Å². The lowest BCUT2D eigenvalue weighted by Gasteiger charge is -2.38. The van der Waals surface area contributed by atoms with Gasteiger partial charge in [-0.15, -0.1) is 12.4 Å². The normalized spacial score (nSPS) is 22.1. The predicted octanol–water partition coefficient (Wildman–Crippen LogP) is 1.54. The second kappa shape index (κ2) is 5.91. The third-order valence-corrected chi connectivity index (χ3v) is 3.72. The highest BCUT2D eigenvalue weighted by molar-refractivity contribution is 6.03. The van der Waals surface area contributed by atoms with Gasteiger partial charge < -0.3 is 20.4 Å². The first kappa shape index (κ1) is 15.6.